The van der Waals surface area contributed by atoms with Crippen LogP contribution < -0.4 is 5.32 Å². The van der Waals surface area contributed by atoms with Crippen LogP contribution in [0.4, 0.5) is 4.79 Å². The van der Waals surface area contributed by atoms with Crippen LogP contribution in [0, 0.1) is 5.92 Å². The predicted molar refractivity (Wildman–Crippen MR) is 70.5 cm³/mol. The van der Waals surface area contributed by atoms with E-state index >= 15 is 0 Å². The Labute approximate surface area is 112 Å². The van der Waals surface area contributed by atoms with Crippen LogP contribution >= 0.6 is 0 Å². The molecule has 1 aromatic heterocycles. The largest absolute Gasteiger partial charge is 0.481 e. The van der Waals surface area contributed by atoms with Crippen molar-refractivity contribution in [2.75, 3.05) is 13.6 Å². The van der Waals surface area contributed by atoms with Gasteiger partial charge in [0.15, 0.2) is 0 Å². The lowest BCUT2D eigenvalue weighted by atomic mass is 10.1. The number of aliphatic carboxylic acids is 1. The minimum absolute atomic E-state index is 0.0499. The average molecular weight is 265 g/mol. The second-order valence-electron chi connectivity index (χ2n) is 4.60. The zero-order chi connectivity index (χ0) is 14.3. The van der Waals surface area contributed by atoms with E-state index in [9.17, 15) is 9.59 Å². The van der Waals surface area contributed by atoms with Gasteiger partial charge in [0, 0.05) is 39.0 Å². The molecule has 1 aromatic rings. The minimum Gasteiger partial charge on any atom is -0.481 e. The van der Waals surface area contributed by atoms with Gasteiger partial charge in [-0.1, -0.05) is 6.92 Å². The molecule has 0 radical (unpaired) electrons. The maximum Gasteiger partial charge on any atom is 0.317 e. The van der Waals surface area contributed by atoms with Crippen molar-refractivity contribution >= 4 is 12.0 Å². The molecule has 1 atom stereocenters. The fourth-order valence-corrected chi connectivity index (χ4v) is 1.60. The second-order valence-corrected chi connectivity index (χ2v) is 4.60. The number of nitrogens with zero attached hydrogens (tertiary/aromatic N) is 2. The molecule has 0 bridgehead atoms. The summed E-state index contributed by atoms with van der Waals surface area (Å²) in [5.74, 6) is -0.942. The van der Waals surface area contributed by atoms with Crippen molar-refractivity contribution in [3.05, 3.63) is 30.1 Å². The first-order valence-corrected chi connectivity index (χ1v) is 6.08. The molecule has 1 rings (SSSR count). The Morgan fingerprint density at radius 3 is 2.63 bits per heavy atom. The van der Waals surface area contributed by atoms with Gasteiger partial charge in [-0.2, -0.15) is 0 Å². The molecular weight excluding hydrogens is 246 g/mol. The highest BCUT2D eigenvalue weighted by molar-refractivity contribution is 5.74. The Morgan fingerprint density at radius 2 is 2.05 bits per heavy atom. The van der Waals surface area contributed by atoms with Crippen molar-refractivity contribution in [1.29, 1.82) is 0 Å². The van der Waals surface area contributed by atoms with Crippen LogP contribution in [0.5, 0.6) is 0 Å². The number of carbonyl (C=O) groups is 2. The lowest BCUT2D eigenvalue weighted by Gasteiger charge is -2.19. The van der Waals surface area contributed by atoms with Gasteiger partial charge in [0.1, 0.15) is 0 Å². The maximum atomic E-state index is 11.8. The van der Waals surface area contributed by atoms with Gasteiger partial charge in [0.25, 0.3) is 0 Å². The molecule has 6 nitrogen and oxygen atoms in total. The molecule has 2 N–H and O–H groups in total. The number of aromatic nitrogens is 1. The third-order valence-corrected chi connectivity index (χ3v) is 2.64. The van der Waals surface area contributed by atoms with Gasteiger partial charge in [0.05, 0.1) is 0 Å². The van der Waals surface area contributed by atoms with Crippen molar-refractivity contribution in [2.45, 2.75) is 19.9 Å². The van der Waals surface area contributed by atoms with Gasteiger partial charge in [-0.15, -0.1) is 0 Å². The zero-order valence-corrected chi connectivity index (χ0v) is 11.2. The number of nitrogens with one attached hydrogen (secondary N) is 1. The highest BCUT2D eigenvalue weighted by atomic mass is 16.4. The first-order chi connectivity index (χ1) is 8.99. The molecule has 0 aliphatic carbocycles. The molecule has 0 saturated heterocycles. The molecule has 19 heavy (non-hydrogen) atoms. The summed E-state index contributed by atoms with van der Waals surface area (Å²) in [6.45, 7) is 2.63. The third kappa shape index (κ3) is 5.85. The van der Waals surface area contributed by atoms with E-state index in [0.29, 0.717) is 13.1 Å². The summed E-state index contributed by atoms with van der Waals surface area (Å²) in [7, 11) is 1.69. The molecule has 0 aromatic carbocycles. The summed E-state index contributed by atoms with van der Waals surface area (Å²) in [6, 6.07) is 3.47. The number of carboxylic acid groups (broad SMARTS) is 1. The van der Waals surface area contributed by atoms with E-state index in [-0.39, 0.29) is 18.4 Å². The molecule has 1 heterocycles. The zero-order valence-electron chi connectivity index (χ0n) is 11.2. The maximum absolute atomic E-state index is 11.8. The molecule has 2 amide bonds. The summed E-state index contributed by atoms with van der Waals surface area (Å²) in [4.78, 5) is 27.7. The Morgan fingerprint density at radius 1 is 1.42 bits per heavy atom. The predicted octanol–water partition coefficient (Wildman–Crippen LogP) is 1.33. The Kier molecular flexibility index (Phi) is 5.78. The summed E-state index contributed by atoms with van der Waals surface area (Å²) in [6.07, 6.45) is 3.40. The molecule has 0 saturated carbocycles. The van der Waals surface area contributed by atoms with Crippen molar-refractivity contribution < 1.29 is 14.7 Å². The van der Waals surface area contributed by atoms with Gasteiger partial charge in [-0.25, -0.2) is 4.79 Å². The van der Waals surface area contributed by atoms with Crippen LogP contribution in [-0.4, -0.2) is 40.6 Å². The van der Waals surface area contributed by atoms with Crippen molar-refractivity contribution in [1.82, 2.24) is 15.2 Å². The SMILES string of the molecule is CC(CNC(=O)N(C)Cc1ccncc1)CC(=O)O. The number of hydrogen-bond donors (Lipinski definition) is 2. The topological polar surface area (TPSA) is 82.5 Å². The van der Waals surface area contributed by atoms with Crippen LogP contribution in [-0.2, 0) is 11.3 Å². The third-order valence-electron chi connectivity index (χ3n) is 2.64. The highest BCUT2D eigenvalue weighted by Crippen LogP contribution is 2.03. The first-order valence-electron chi connectivity index (χ1n) is 6.08. The van der Waals surface area contributed by atoms with Crippen LogP contribution in [0.2, 0.25) is 0 Å². The summed E-state index contributed by atoms with van der Waals surface area (Å²) in [5, 5.41) is 11.3. The molecule has 0 aliphatic heterocycles. The highest BCUT2D eigenvalue weighted by Gasteiger charge is 2.12. The number of rotatable bonds is 6. The van der Waals surface area contributed by atoms with E-state index in [1.165, 1.54) is 0 Å². The molecular formula is C13H19N3O3. The molecule has 0 fully saturated rings. The van der Waals surface area contributed by atoms with E-state index < -0.39 is 5.97 Å². The number of urea groups is 1. The fourth-order valence-electron chi connectivity index (χ4n) is 1.60. The molecule has 0 aliphatic rings. The molecule has 6 heteroatoms. The first kappa shape index (κ1) is 14.9. The average Bonchev–Trinajstić information content (AvgIpc) is 2.36. The standard InChI is InChI=1S/C13H19N3O3/c1-10(7-12(17)18)8-15-13(19)16(2)9-11-3-5-14-6-4-11/h3-6,10H,7-9H2,1-2H3,(H,15,19)(H,17,18). The molecule has 0 spiro atoms. The number of amides is 2. The number of carbonyl (C=O) groups excluding carboxylic acids is 1. The van der Waals surface area contributed by atoms with Gasteiger partial charge in [-0.3, -0.25) is 9.78 Å². The van der Waals surface area contributed by atoms with Gasteiger partial charge in [-0.05, 0) is 23.6 Å². The van der Waals surface area contributed by atoms with E-state index in [4.69, 9.17) is 5.11 Å². The number of pyridine rings is 1. The van der Waals surface area contributed by atoms with Gasteiger partial charge in [0.2, 0.25) is 0 Å². The summed E-state index contributed by atoms with van der Waals surface area (Å²) < 4.78 is 0. The fraction of sp³-hybridized carbons (Fsp3) is 0.462. The Hall–Kier alpha value is -2.11. The Balaban J connectivity index is 2.35. The van der Waals surface area contributed by atoms with Gasteiger partial charge >= 0.3 is 12.0 Å². The van der Waals surface area contributed by atoms with Gasteiger partial charge < -0.3 is 15.3 Å². The minimum atomic E-state index is -0.855. The van der Waals surface area contributed by atoms with Crippen molar-refractivity contribution in [3.8, 4) is 0 Å². The van der Waals surface area contributed by atoms with E-state index in [2.05, 4.69) is 10.3 Å². The summed E-state index contributed by atoms with van der Waals surface area (Å²) >= 11 is 0. The van der Waals surface area contributed by atoms with Crippen LogP contribution in [0.25, 0.3) is 0 Å². The van der Waals surface area contributed by atoms with E-state index in [0.717, 1.165) is 5.56 Å². The normalized spacial score (nSPS) is 11.7. The van der Waals surface area contributed by atoms with E-state index in [1.807, 2.05) is 12.1 Å². The van der Waals surface area contributed by atoms with Crippen LogP contribution in [0.15, 0.2) is 24.5 Å². The smallest absolute Gasteiger partial charge is 0.317 e. The lowest BCUT2D eigenvalue weighted by Crippen LogP contribution is -2.39. The van der Waals surface area contributed by atoms with Crippen molar-refractivity contribution in [3.63, 3.8) is 0 Å². The monoisotopic (exact) mass is 265 g/mol. The second kappa shape index (κ2) is 7.35. The number of hydrogen-bond acceptors (Lipinski definition) is 3. The quantitative estimate of drug-likeness (QED) is 0.813. The number of carboxylic acids is 1. The van der Waals surface area contributed by atoms with Crippen molar-refractivity contribution in [2.24, 2.45) is 5.92 Å². The van der Waals surface area contributed by atoms with E-state index in [1.54, 1.807) is 31.3 Å². The Bertz CT molecular complexity index is 422. The lowest BCUT2D eigenvalue weighted by molar-refractivity contribution is -0.137. The molecule has 1 unspecified atom stereocenters. The van der Waals surface area contributed by atoms with Crippen LogP contribution in [0.1, 0.15) is 18.9 Å². The van der Waals surface area contributed by atoms with Crippen LogP contribution in [0.3, 0.4) is 0 Å². The molecule has 104 valence electrons. The summed E-state index contributed by atoms with van der Waals surface area (Å²) in [5.41, 5.74) is 0.992.